The Morgan fingerprint density at radius 3 is 2.35 bits per heavy atom. The first kappa shape index (κ1) is 52.9. The summed E-state index contributed by atoms with van der Waals surface area (Å²) in [5, 5.41) is 7.82. The average molecular weight is 1000 g/mol. The second-order valence-corrected chi connectivity index (χ2v) is 23.5. The molecule has 8 rings (SSSR count). The zero-order valence-electron chi connectivity index (χ0n) is 43.2. The number of ether oxygens (including phenoxy) is 2. The maximum absolute atomic E-state index is 13.4. The summed E-state index contributed by atoms with van der Waals surface area (Å²) in [7, 11) is 0. The number of anilines is 2. The number of nitrogens with one attached hydrogen (secondary N) is 2. The van der Waals surface area contributed by atoms with Gasteiger partial charge in [0, 0.05) is 117 Å². The van der Waals surface area contributed by atoms with Crippen molar-refractivity contribution < 1.29 is 19.1 Å². The molecule has 3 saturated heterocycles. The van der Waals surface area contributed by atoms with E-state index in [2.05, 4.69) is 117 Å². The molecule has 0 saturated carbocycles. The first-order valence-electron chi connectivity index (χ1n) is 26.3. The maximum Gasteiger partial charge on any atom is 0.306 e. The van der Waals surface area contributed by atoms with Crippen molar-refractivity contribution in [3.05, 3.63) is 130 Å². The Hall–Kier alpha value is -4.36. The van der Waals surface area contributed by atoms with Crippen LogP contribution in [0.2, 0.25) is 5.02 Å². The number of aryl methyl sites for hydroxylation is 1. The number of halogens is 1. The zero-order chi connectivity index (χ0) is 49.8. The van der Waals surface area contributed by atoms with Gasteiger partial charge in [-0.25, -0.2) is 0 Å². The average Bonchev–Trinajstić information content (AvgIpc) is 3.35. The summed E-state index contributed by atoms with van der Waals surface area (Å²) in [4.78, 5) is 37.7. The third-order valence-electron chi connectivity index (χ3n) is 14.8. The quantitative estimate of drug-likeness (QED) is 0.0699. The smallest absolute Gasteiger partial charge is 0.306 e. The van der Waals surface area contributed by atoms with Gasteiger partial charge < -0.3 is 29.9 Å². The fourth-order valence-electron chi connectivity index (χ4n) is 11.1. The molecule has 382 valence electrons. The number of piperazine rings is 1. The molecule has 4 aromatic carbocycles. The highest BCUT2D eigenvalue weighted by Gasteiger charge is 2.36. The van der Waals surface area contributed by atoms with Gasteiger partial charge >= 0.3 is 5.97 Å². The number of thioether (sulfide) groups is 1. The predicted molar refractivity (Wildman–Crippen MR) is 294 cm³/mol. The van der Waals surface area contributed by atoms with Crippen LogP contribution in [-0.4, -0.2) is 129 Å². The van der Waals surface area contributed by atoms with E-state index in [0.717, 1.165) is 151 Å². The number of likely N-dealkylation sites (tertiary alicyclic amines) is 1. The first-order chi connectivity index (χ1) is 34.2. The Labute approximate surface area is 434 Å². The van der Waals surface area contributed by atoms with Gasteiger partial charge in [-0.2, -0.15) is 0 Å². The molecule has 1 amide bonds. The van der Waals surface area contributed by atoms with Gasteiger partial charge in [0.05, 0.1) is 13.2 Å². The van der Waals surface area contributed by atoms with E-state index in [0.29, 0.717) is 30.5 Å². The molecule has 0 radical (unpaired) electrons. The lowest BCUT2D eigenvalue weighted by Crippen LogP contribution is -2.48. The van der Waals surface area contributed by atoms with Gasteiger partial charge in [-0.1, -0.05) is 66.6 Å². The third kappa shape index (κ3) is 16.1. The Balaban J connectivity index is 0.822. The number of morpholine rings is 1. The molecule has 0 aromatic heterocycles. The van der Waals surface area contributed by atoms with Crippen molar-refractivity contribution in [1.29, 1.82) is 0 Å². The normalized spacial score (nSPS) is 21.2. The lowest BCUT2D eigenvalue weighted by molar-refractivity contribution is -0.156. The fraction of sp³-hybridized carbons (Fsp3) is 0.525. The minimum atomic E-state index is -0.449. The third-order valence-corrected chi connectivity index (χ3v) is 16.2. The number of amides is 1. The number of carbonyl (C=O) groups excluding carboxylic acids is 2. The van der Waals surface area contributed by atoms with E-state index < -0.39 is 5.60 Å². The van der Waals surface area contributed by atoms with Crippen LogP contribution in [0.1, 0.15) is 99.7 Å². The number of rotatable bonds is 19. The van der Waals surface area contributed by atoms with Gasteiger partial charge in [-0.3, -0.25) is 19.4 Å². The van der Waals surface area contributed by atoms with Crippen LogP contribution in [0, 0.1) is 18.3 Å². The van der Waals surface area contributed by atoms with Crippen LogP contribution in [-0.2, 0) is 20.8 Å². The molecule has 1 aliphatic carbocycles. The van der Waals surface area contributed by atoms with E-state index in [1.54, 1.807) is 5.57 Å². The molecule has 1 unspecified atom stereocenters. The van der Waals surface area contributed by atoms with Gasteiger partial charge in [0.25, 0.3) is 5.91 Å². The Kier molecular flexibility index (Phi) is 18.7. The van der Waals surface area contributed by atoms with Crippen molar-refractivity contribution >= 4 is 52.2 Å². The summed E-state index contributed by atoms with van der Waals surface area (Å²) in [5.74, 6) is 1.19. The van der Waals surface area contributed by atoms with Crippen LogP contribution in [0.15, 0.2) is 108 Å². The van der Waals surface area contributed by atoms with Gasteiger partial charge in [0.2, 0.25) is 0 Å². The molecule has 4 aliphatic rings. The number of allylic oxidation sites excluding steroid dienone is 1. The molecule has 2 N–H and O–H groups in total. The first-order valence-corrected chi connectivity index (χ1v) is 27.7. The highest BCUT2D eigenvalue weighted by atomic mass is 35.5. The van der Waals surface area contributed by atoms with Crippen molar-refractivity contribution in [3.63, 3.8) is 0 Å². The zero-order valence-corrected chi connectivity index (χ0v) is 44.7. The molecule has 4 aromatic rings. The maximum atomic E-state index is 13.4. The molecule has 10 nitrogen and oxygen atoms in total. The van der Waals surface area contributed by atoms with Gasteiger partial charge in [-0.05, 0) is 161 Å². The molecule has 3 aliphatic heterocycles. The molecule has 3 heterocycles. The van der Waals surface area contributed by atoms with Crippen molar-refractivity contribution in [1.82, 2.24) is 20.0 Å². The van der Waals surface area contributed by atoms with E-state index in [1.165, 1.54) is 21.6 Å². The molecular weight excluding hydrogens is 924 g/mol. The molecule has 3 fully saturated rings. The molecule has 0 bridgehead atoms. The number of nitrogens with zero attached hydrogens (tertiary/aromatic N) is 4. The highest BCUT2D eigenvalue weighted by Crippen LogP contribution is 2.44. The predicted octanol–water partition coefficient (Wildman–Crippen LogP) is 11.1. The van der Waals surface area contributed by atoms with Gasteiger partial charge in [0.1, 0.15) is 5.60 Å². The Bertz CT molecular complexity index is 2380. The van der Waals surface area contributed by atoms with E-state index >= 15 is 0 Å². The number of esters is 1. The number of hydrogen-bond donors (Lipinski definition) is 2. The second kappa shape index (κ2) is 25.0. The summed E-state index contributed by atoms with van der Waals surface area (Å²) in [6.07, 6.45) is 7.03. The number of piperidine rings is 1. The number of benzene rings is 4. The monoisotopic (exact) mass is 1000 g/mol. The summed E-state index contributed by atoms with van der Waals surface area (Å²) in [6, 6.07) is 34.0. The van der Waals surface area contributed by atoms with E-state index in [9.17, 15) is 9.59 Å². The van der Waals surface area contributed by atoms with Crippen molar-refractivity contribution in [2.45, 2.75) is 103 Å². The number of carbonyl (C=O) groups is 2. The van der Waals surface area contributed by atoms with Crippen LogP contribution in [0.3, 0.4) is 0 Å². The Morgan fingerprint density at radius 2 is 1.63 bits per heavy atom. The molecule has 0 spiro atoms. The van der Waals surface area contributed by atoms with Crippen molar-refractivity contribution in [3.8, 4) is 0 Å². The highest BCUT2D eigenvalue weighted by molar-refractivity contribution is 7.99. The van der Waals surface area contributed by atoms with E-state index in [4.69, 9.17) is 21.1 Å². The molecule has 71 heavy (non-hydrogen) atoms. The minimum absolute atomic E-state index is 0.0625. The summed E-state index contributed by atoms with van der Waals surface area (Å²) in [5.41, 5.74) is 9.27. The topological polar surface area (TPSA) is 89.6 Å². The van der Waals surface area contributed by atoms with Gasteiger partial charge in [0.15, 0.2) is 0 Å². The number of hydrogen-bond acceptors (Lipinski definition) is 10. The summed E-state index contributed by atoms with van der Waals surface area (Å²) in [6.45, 7) is 23.5. The molecular formula is C59H79ClN6O4S. The van der Waals surface area contributed by atoms with Crippen LogP contribution >= 0.6 is 23.4 Å². The van der Waals surface area contributed by atoms with Crippen LogP contribution in [0.25, 0.3) is 5.57 Å². The van der Waals surface area contributed by atoms with E-state index in [1.807, 2.05) is 56.8 Å². The van der Waals surface area contributed by atoms with E-state index in [-0.39, 0.29) is 17.3 Å². The SMILES string of the molecule is Cc1cc(CNC(=O)c2ccc(N3CCN(CC4=C(c5ccc(Cl)cc5)CCC(C)(CN5CCC[C@H](CC(=O)OC(C)(C)C)C5)C4)CC3)cc2)ccc1N[C@H](CCN1CCOCC1)CSc1ccccc1. The van der Waals surface area contributed by atoms with Crippen LogP contribution in [0.4, 0.5) is 11.4 Å². The minimum Gasteiger partial charge on any atom is -0.460 e. The fourth-order valence-corrected chi connectivity index (χ4v) is 12.2. The van der Waals surface area contributed by atoms with Crippen LogP contribution < -0.4 is 15.5 Å². The van der Waals surface area contributed by atoms with Crippen LogP contribution in [0.5, 0.6) is 0 Å². The molecule has 3 atom stereocenters. The Morgan fingerprint density at radius 1 is 0.887 bits per heavy atom. The van der Waals surface area contributed by atoms with Crippen molar-refractivity contribution in [2.75, 3.05) is 101 Å². The summed E-state index contributed by atoms with van der Waals surface area (Å²) < 4.78 is 11.3. The second-order valence-electron chi connectivity index (χ2n) is 22.0. The molecule has 12 heteroatoms. The van der Waals surface area contributed by atoms with Gasteiger partial charge in [-0.15, -0.1) is 11.8 Å². The van der Waals surface area contributed by atoms with Crippen molar-refractivity contribution in [2.24, 2.45) is 11.3 Å². The lowest BCUT2D eigenvalue weighted by Gasteiger charge is -2.44. The largest absolute Gasteiger partial charge is 0.460 e. The lowest BCUT2D eigenvalue weighted by atomic mass is 9.70. The summed E-state index contributed by atoms with van der Waals surface area (Å²) >= 11 is 8.27. The standard InChI is InChI=1S/C59H79ClN6O4S/c1-44-36-45(13-22-55(44)62-51(24-27-63-32-34-69-35-33-63)42-71-53-11-7-6-8-12-53)39-61-57(68)48-16-20-52(21-17-48)66-30-28-64(29-31-66)41-49-38-59(5,25-23-54(49)47-14-18-50(60)19-15-47)43-65-26-9-10-46(40-65)37-56(67)70-58(2,3)4/h6-8,11-22,36,46,51,62H,9-10,23-35,37-43H2,1-5H3,(H,61,68)/t46-,51-,59?/m1/s1.